The molecule has 0 radical (unpaired) electrons. The molecule has 0 aliphatic carbocycles. The number of nitrogens with zero attached hydrogens (tertiary/aromatic N) is 2. The maximum atomic E-state index is 5.58. The molecule has 154 valence electrons. The van der Waals surface area contributed by atoms with Crippen LogP contribution in [0.2, 0.25) is 0 Å². The minimum absolute atomic E-state index is 0. The van der Waals surface area contributed by atoms with Gasteiger partial charge < -0.3 is 15.4 Å². The Hall–Kier alpha value is -0.380. The highest BCUT2D eigenvalue weighted by Gasteiger charge is 2.19. The van der Waals surface area contributed by atoms with Crippen molar-refractivity contribution in [3.63, 3.8) is 0 Å². The monoisotopic (exact) mass is 552 g/mol. The molecule has 1 aromatic carbocycles. The number of piperidine rings is 1. The Morgan fingerprint density at radius 2 is 1.93 bits per heavy atom. The highest BCUT2D eigenvalue weighted by molar-refractivity contribution is 14.0. The van der Waals surface area contributed by atoms with E-state index < -0.39 is 0 Å². The minimum Gasteiger partial charge on any atom is -0.380 e. The Morgan fingerprint density at radius 1 is 1.22 bits per heavy atom. The molecule has 7 heteroatoms. The lowest BCUT2D eigenvalue weighted by Crippen LogP contribution is -2.49. The summed E-state index contributed by atoms with van der Waals surface area (Å²) in [6.07, 6.45) is 4.59. The quantitative estimate of drug-likeness (QED) is 0.210. The zero-order valence-electron chi connectivity index (χ0n) is 16.5. The lowest BCUT2D eigenvalue weighted by molar-refractivity contribution is 0.135. The van der Waals surface area contributed by atoms with E-state index in [4.69, 9.17) is 4.74 Å². The summed E-state index contributed by atoms with van der Waals surface area (Å²) in [4.78, 5) is 6.86. The van der Waals surface area contributed by atoms with Crippen molar-refractivity contribution in [2.24, 2.45) is 4.99 Å². The van der Waals surface area contributed by atoms with Crippen molar-refractivity contribution in [2.45, 2.75) is 45.2 Å². The summed E-state index contributed by atoms with van der Waals surface area (Å²) in [5, 5.41) is 6.90. The zero-order chi connectivity index (χ0) is 18.6. The van der Waals surface area contributed by atoms with Gasteiger partial charge in [-0.15, -0.1) is 24.0 Å². The first-order valence-corrected chi connectivity index (χ1v) is 10.5. The van der Waals surface area contributed by atoms with E-state index in [1.54, 1.807) is 0 Å². The van der Waals surface area contributed by atoms with E-state index in [0.717, 1.165) is 69.1 Å². The van der Waals surface area contributed by atoms with Crippen LogP contribution in [0.1, 0.15) is 38.2 Å². The van der Waals surface area contributed by atoms with Gasteiger partial charge in [-0.05, 0) is 37.0 Å². The SMILES string of the molecule is CCCCOCCNC(=NC)NC1CCN(Cc2ccc(Br)cc2)CC1.I. The van der Waals surface area contributed by atoms with Gasteiger partial charge in [0.15, 0.2) is 5.96 Å². The average molecular weight is 553 g/mol. The van der Waals surface area contributed by atoms with E-state index >= 15 is 0 Å². The summed E-state index contributed by atoms with van der Waals surface area (Å²) < 4.78 is 6.72. The molecule has 2 N–H and O–H groups in total. The molecule has 0 aromatic heterocycles. The van der Waals surface area contributed by atoms with Crippen molar-refractivity contribution in [2.75, 3.05) is 39.9 Å². The van der Waals surface area contributed by atoms with Crippen LogP contribution < -0.4 is 10.6 Å². The molecule has 0 amide bonds. The predicted octanol–water partition coefficient (Wildman–Crippen LogP) is 4.01. The standard InChI is InChI=1S/C20H33BrN4O.HI/c1-3-4-14-26-15-11-23-20(22-2)24-19-9-12-25(13-10-19)16-17-5-7-18(21)8-6-17;/h5-8,19H,3-4,9-16H2,1-2H3,(H2,22,23,24);1H. The van der Waals surface area contributed by atoms with Crippen LogP contribution in [0.5, 0.6) is 0 Å². The second kappa shape index (κ2) is 14.6. The van der Waals surface area contributed by atoms with Gasteiger partial charge in [-0.2, -0.15) is 0 Å². The molecule has 1 saturated heterocycles. The maximum absolute atomic E-state index is 5.58. The largest absolute Gasteiger partial charge is 0.380 e. The summed E-state index contributed by atoms with van der Waals surface area (Å²) in [5.74, 6) is 0.885. The van der Waals surface area contributed by atoms with Gasteiger partial charge in [0.25, 0.3) is 0 Å². The van der Waals surface area contributed by atoms with Crippen molar-refractivity contribution in [3.05, 3.63) is 34.3 Å². The Balaban J connectivity index is 0.00000364. The van der Waals surface area contributed by atoms with Crippen LogP contribution in [-0.4, -0.2) is 56.8 Å². The molecule has 1 fully saturated rings. The van der Waals surface area contributed by atoms with E-state index in [9.17, 15) is 0 Å². The van der Waals surface area contributed by atoms with Crippen LogP contribution in [0.3, 0.4) is 0 Å². The van der Waals surface area contributed by atoms with E-state index in [2.05, 4.69) is 67.6 Å². The molecule has 1 aliphatic rings. The number of aliphatic imine (C=N–C) groups is 1. The number of ether oxygens (including phenoxy) is 1. The van der Waals surface area contributed by atoms with Crippen molar-refractivity contribution < 1.29 is 4.74 Å². The Kier molecular flexibility index (Phi) is 13.3. The fourth-order valence-corrected chi connectivity index (χ4v) is 3.33. The molecule has 1 aliphatic heterocycles. The predicted molar refractivity (Wildman–Crippen MR) is 128 cm³/mol. The third-order valence-electron chi connectivity index (χ3n) is 4.65. The van der Waals surface area contributed by atoms with Crippen molar-refractivity contribution in [1.82, 2.24) is 15.5 Å². The molecule has 0 bridgehead atoms. The number of hydrogen-bond acceptors (Lipinski definition) is 3. The third-order valence-corrected chi connectivity index (χ3v) is 5.18. The molecule has 0 atom stereocenters. The number of benzene rings is 1. The smallest absolute Gasteiger partial charge is 0.191 e. The third kappa shape index (κ3) is 10.1. The second-order valence-electron chi connectivity index (χ2n) is 6.79. The zero-order valence-corrected chi connectivity index (χ0v) is 20.5. The maximum Gasteiger partial charge on any atom is 0.191 e. The van der Waals surface area contributed by atoms with Gasteiger partial charge >= 0.3 is 0 Å². The van der Waals surface area contributed by atoms with Crippen LogP contribution >= 0.6 is 39.9 Å². The van der Waals surface area contributed by atoms with Crippen LogP contribution in [0.15, 0.2) is 33.7 Å². The highest BCUT2D eigenvalue weighted by Crippen LogP contribution is 2.16. The van der Waals surface area contributed by atoms with Gasteiger partial charge in [-0.25, -0.2) is 0 Å². The van der Waals surface area contributed by atoms with Crippen molar-refractivity contribution in [3.8, 4) is 0 Å². The molecule has 0 saturated carbocycles. The van der Waals surface area contributed by atoms with Gasteiger partial charge in [0, 0.05) is 50.3 Å². The van der Waals surface area contributed by atoms with E-state index in [0.29, 0.717) is 6.04 Å². The normalized spacial score (nSPS) is 16.0. The number of likely N-dealkylation sites (tertiary alicyclic amines) is 1. The summed E-state index contributed by atoms with van der Waals surface area (Å²) in [7, 11) is 1.83. The molecular weight excluding hydrogens is 519 g/mol. The van der Waals surface area contributed by atoms with Crippen molar-refractivity contribution in [1.29, 1.82) is 0 Å². The number of guanidine groups is 1. The first kappa shape index (κ1) is 24.7. The topological polar surface area (TPSA) is 48.9 Å². The second-order valence-corrected chi connectivity index (χ2v) is 7.70. The average Bonchev–Trinajstić information content (AvgIpc) is 2.67. The van der Waals surface area contributed by atoms with Crippen LogP contribution in [0.4, 0.5) is 0 Å². The Labute approximate surface area is 189 Å². The van der Waals surface area contributed by atoms with Gasteiger partial charge in [0.05, 0.1) is 6.61 Å². The Bertz CT molecular complexity index is 533. The molecule has 27 heavy (non-hydrogen) atoms. The van der Waals surface area contributed by atoms with Gasteiger partial charge in [-0.1, -0.05) is 41.4 Å². The molecule has 2 rings (SSSR count). The molecule has 5 nitrogen and oxygen atoms in total. The van der Waals surface area contributed by atoms with Gasteiger partial charge in [0.2, 0.25) is 0 Å². The summed E-state index contributed by atoms with van der Waals surface area (Å²) in [6, 6.07) is 9.12. The molecule has 1 aromatic rings. The number of hydrogen-bond donors (Lipinski definition) is 2. The van der Waals surface area contributed by atoms with E-state index in [1.165, 1.54) is 12.0 Å². The number of unbranched alkanes of at least 4 members (excludes halogenated alkanes) is 1. The lowest BCUT2D eigenvalue weighted by atomic mass is 10.0. The van der Waals surface area contributed by atoms with E-state index in [1.807, 2.05) is 7.05 Å². The van der Waals surface area contributed by atoms with Crippen LogP contribution in [0, 0.1) is 0 Å². The first-order valence-electron chi connectivity index (χ1n) is 9.73. The molecular formula is C20H34BrIN4O. The lowest BCUT2D eigenvalue weighted by Gasteiger charge is -2.33. The summed E-state index contributed by atoms with van der Waals surface area (Å²) in [5.41, 5.74) is 1.38. The summed E-state index contributed by atoms with van der Waals surface area (Å²) in [6.45, 7) is 7.81. The fourth-order valence-electron chi connectivity index (χ4n) is 3.06. The Morgan fingerprint density at radius 3 is 2.56 bits per heavy atom. The molecule has 0 spiro atoms. The minimum atomic E-state index is 0. The van der Waals surface area contributed by atoms with Gasteiger partial charge in [-0.3, -0.25) is 9.89 Å². The molecule has 1 heterocycles. The number of halogens is 2. The first-order chi connectivity index (χ1) is 12.7. The fraction of sp³-hybridized carbons (Fsp3) is 0.650. The van der Waals surface area contributed by atoms with Crippen molar-refractivity contribution >= 4 is 45.9 Å². The highest BCUT2D eigenvalue weighted by atomic mass is 127. The molecule has 0 unspecified atom stereocenters. The number of rotatable bonds is 9. The van der Waals surface area contributed by atoms with Crippen LogP contribution in [0.25, 0.3) is 0 Å². The summed E-state index contributed by atoms with van der Waals surface area (Å²) >= 11 is 3.49. The van der Waals surface area contributed by atoms with Gasteiger partial charge in [0.1, 0.15) is 0 Å². The van der Waals surface area contributed by atoms with E-state index in [-0.39, 0.29) is 24.0 Å². The van der Waals surface area contributed by atoms with Crippen LogP contribution in [-0.2, 0) is 11.3 Å². The number of nitrogens with one attached hydrogen (secondary N) is 2.